The number of carbonyl (C=O) groups excluding carboxylic acids is 1. The van der Waals surface area contributed by atoms with Gasteiger partial charge in [0.2, 0.25) is 0 Å². The summed E-state index contributed by atoms with van der Waals surface area (Å²) in [6.45, 7) is 0. The van der Waals surface area contributed by atoms with Crippen LogP contribution in [0, 0.1) is 0 Å². The minimum absolute atomic E-state index is 0.644. The summed E-state index contributed by atoms with van der Waals surface area (Å²) in [4.78, 5) is 18.8. The number of benzene rings is 2. The minimum atomic E-state index is 0.644. The molecule has 3 heteroatoms. The Morgan fingerprint density at radius 1 is 1.05 bits per heavy atom. The van der Waals surface area contributed by atoms with Crippen molar-refractivity contribution < 1.29 is 4.79 Å². The molecule has 90 valence electrons. The molecule has 0 spiro atoms. The van der Waals surface area contributed by atoms with Gasteiger partial charge in [-0.25, -0.2) is 0 Å². The number of carbonyl (C=O) groups is 1. The number of aromatic amines is 1. The van der Waals surface area contributed by atoms with Gasteiger partial charge in [-0.3, -0.25) is 9.78 Å². The summed E-state index contributed by atoms with van der Waals surface area (Å²) in [7, 11) is 0. The van der Waals surface area contributed by atoms with Gasteiger partial charge in [-0.1, -0.05) is 24.3 Å². The standard InChI is InChI=1S/C16H10N2O/c19-9-11-8-18-13-5-6-14-16(15(11)13)12-4-2-1-3-10(12)7-17-14/h1-9,17H. The fourth-order valence-electron chi connectivity index (χ4n) is 2.69. The molecule has 4 rings (SSSR count). The molecule has 2 aromatic heterocycles. The molecule has 4 aromatic rings. The molecule has 0 saturated heterocycles. The fraction of sp³-hybridized carbons (Fsp3) is 0. The zero-order valence-electron chi connectivity index (χ0n) is 10.1. The van der Waals surface area contributed by atoms with Gasteiger partial charge in [0.15, 0.2) is 6.29 Å². The molecule has 0 aliphatic heterocycles. The lowest BCUT2D eigenvalue weighted by Gasteiger charge is -2.06. The Balaban J connectivity index is 2.39. The number of hydrogen-bond acceptors (Lipinski definition) is 2. The quantitative estimate of drug-likeness (QED) is 0.411. The van der Waals surface area contributed by atoms with Gasteiger partial charge in [-0.15, -0.1) is 0 Å². The zero-order chi connectivity index (χ0) is 12.8. The molecule has 0 aliphatic rings. The van der Waals surface area contributed by atoms with Gasteiger partial charge in [0.1, 0.15) is 0 Å². The molecule has 0 bridgehead atoms. The van der Waals surface area contributed by atoms with Crippen molar-refractivity contribution in [2.24, 2.45) is 0 Å². The van der Waals surface area contributed by atoms with Crippen molar-refractivity contribution in [3.8, 4) is 0 Å². The lowest BCUT2D eigenvalue weighted by Crippen LogP contribution is -1.85. The predicted octanol–water partition coefficient (Wildman–Crippen LogP) is 3.68. The van der Waals surface area contributed by atoms with Crippen LogP contribution < -0.4 is 0 Å². The number of aromatic nitrogens is 2. The number of nitrogens with one attached hydrogen (secondary N) is 1. The van der Waals surface area contributed by atoms with E-state index in [2.05, 4.69) is 22.1 Å². The molecule has 0 fully saturated rings. The van der Waals surface area contributed by atoms with E-state index in [9.17, 15) is 4.79 Å². The van der Waals surface area contributed by atoms with Gasteiger partial charge in [0.25, 0.3) is 0 Å². The Hall–Kier alpha value is -2.68. The Bertz CT molecular complexity index is 937. The Labute approximate surface area is 108 Å². The first-order valence-corrected chi connectivity index (χ1v) is 6.11. The van der Waals surface area contributed by atoms with Crippen molar-refractivity contribution in [3.63, 3.8) is 0 Å². The first-order chi connectivity index (χ1) is 9.38. The first kappa shape index (κ1) is 10.3. The summed E-state index contributed by atoms with van der Waals surface area (Å²) in [6.07, 6.45) is 4.50. The third-order valence-corrected chi connectivity index (χ3v) is 3.56. The fourth-order valence-corrected chi connectivity index (χ4v) is 2.69. The van der Waals surface area contributed by atoms with Crippen molar-refractivity contribution in [1.82, 2.24) is 9.97 Å². The van der Waals surface area contributed by atoms with Crippen LogP contribution in [0.3, 0.4) is 0 Å². The largest absolute Gasteiger partial charge is 0.361 e. The number of aldehydes is 1. The Kier molecular flexibility index (Phi) is 1.97. The highest BCUT2D eigenvalue weighted by Gasteiger charge is 2.10. The summed E-state index contributed by atoms with van der Waals surface area (Å²) in [5.74, 6) is 0. The molecule has 0 amide bonds. The van der Waals surface area contributed by atoms with Gasteiger partial charge >= 0.3 is 0 Å². The van der Waals surface area contributed by atoms with Crippen LogP contribution in [0.2, 0.25) is 0 Å². The average molecular weight is 246 g/mol. The second-order valence-corrected chi connectivity index (χ2v) is 4.59. The molecule has 0 atom stereocenters. The molecular weight excluding hydrogens is 236 g/mol. The number of H-pyrrole nitrogens is 1. The van der Waals surface area contributed by atoms with Crippen LogP contribution in [0.5, 0.6) is 0 Å². The zero-order valence-corrected chi connectivity index (χ0v) is 10.1. The second kappa shape index (κ2) is 3.65. The molecule has 0 unspecified atom stereocenters. The van der Waals surface area contributed by atoms with Gasteiger partial charge in [-0.2, -0.15) is 0 Å². The maximum Gasteiger partial charge on any atom is 0.152 e. The summed E-state index contributed by atoms with van der Waals surface area (Å²) < 4.78 is 0. The van der Waals surface area contributed by atoms with Crippen LogP contribution in [0.25, 0.3) is 32.6 Å². The van der Waals surface area contributed by atoms with Crippen LogP contribution in [0.15, 0.2) is 48.8 Å². The van der Waals surface area contributed by atoms with E-state index < -0.39 is 0 Å². The number of hydrogen-bond donors (Lipinski definition) is 1. The van der Waals surface area contributed by atoms with E-state index in [1.54, 1.807) is 6.20 Å². The monoisotopic (exact) mass is 246 g/mol. The predicted molar refractivity (Wildman–Crippen MR) is 76.5 cm³/mol. The van der Waals surface area contributed by atoms with Gasteiger partial charge < -0.3 is 4.98 Å². The van der Waals surface area contributed by atoms with Gasteiger partial charge in [-0.05, 0) is 22.9 Å². The molecule has 3 nitrogen and oxygen atoms in total. The maximum atomic E-state index is 11.2. The Morgan fingerprint density at radius 3 is 2.84 bits per heavy atom. The molecule has 2 aromatic carbocycles. The van der Waals surface area contributed by atoms with E-state index in [0.717, 1.165) is 38.9 Å². The van der Waals surface area contributed by atoms with E-state index in [0.29, 0.717) is 5.56 Å². The van der Waals surface area contributed by atoms with E-state index in [4.69, 9.17) is 0 Å². The number of nitrogens with zero attached hydrogens (tertiary/aromatic N) is 1. The van der Waals surface area contributed by atoms with E-state index in [-0.39, 0.29) is 0 Å². The van der Waals surface area contributed by atoms with Crippen molar-refractivity contribution in [2.75, 3.05) is 0 Å². The number of pyridine rings is 1. The highest BCUT2D eigenvalue weighted by atomic mass is 16.1. The van der Waals surface area contributed by atoms with Gasteiger partial charge in [0.05, 0.1) is 5.52 Å². The summed E-state index contributed by atoms with van der Waals surface area (Å²) >= 11 is 0. The van der Waals surface area contributed by atoms with Crippen molar-refractivity contribution >= 4 is 38.9 Å². The van der Waals surface area contributed by atoms with E-state index in [1.807, 2.05) is 30.5 Å². The summed E-state index contributed by atoms with van der Waals surface area (Å²) in [5, 5.41) is 4.26. The van der Waals surface area contributed by atoms with Crippen molar-refractivity contribution in [2.45, 2.75) is 0 Å². The van der Waals surface area contributed by atoms with Crippen molar-refractivity contribution in [3.05, 3.63) is 54.4 Å². The van der Waals surface area contributed by atoms with Crippen LogP contribution in [0.1, 0.15) is 10.4 Å². The lowest BCUT2D eigenvalue weighted by atomic mass is 10.0. The SMILES string of the molecule is O=Cc1cnc2ccc3[nH]cc4ccccc4c3c12. The smallest absolute Gasteiger partial charge is 0.152 e. The minimum Gasteiger partial charge on any atom is -0.361 e. The second-order valence-electron chi connectivity index (χ2n) is 4.59. The molecule has 0 aliphatic carbocycles. The lowest BCUT2D eigenvalue weighted by molar-refractivity contribution is 0.112. The highest BCUT2D eigenvalue weighted by molar-refractivity contribution is 6.21. The third-order valence-electron chi connectivity index (χ3n) is 3.56. The molecule has 2 heterocycles. The van der Waals surface area contributed by atoms with Crippen LogP contribution in [-0.2, 0) is 0 Å². The Morgan fingerprint density at radius 2 is 1.95 bits per heavy atom. The highest BCUT2D eigenvalue weighted by Crippen LogP contribution is 2.31. The van der Waals surface area contributed by atoms with Crippen molar-refractivity contribution in [1.29, 1.82) is 0 Å². The molecular formula is C16H10N2O. The normalized spacial score (nSPS) is 11.4. The third kappa shape index (κ3) is 1.32. The first-order valence-electron chi connectivity index (χ1n) is 6.11. The van der Waals surface area contributed by atoms with E-state index in [1.165, 1.54) is 0 Å². The molecule has 0 saturated carbocycles. The topological polar surface area (TPSA) is 45.8 Å². The van der Waals surface area contributed by atoms with Gasteiger partial charge in [0, 0.05) is 34.2 Å². The van der Waals surface area contributed by atoms with Crippen LogP contribution in [-0.4, -0.2) is 16.3 Å². The van der Waals surface area contributed by atoms with Crippen LogP contribution >= 0.6 is 0 Å². The maximum absolute atomic E-state index is 11.2. The van der Waals surface area contributed by atoms with E-state index >= 15 is 0 Å². The average Bonchev–Trinajstić information content (AvgIpc) is 2.90. The molecule has 19 heavy (non-hydrogen) atoms. The summed E-state index contributed by atoms with van der Waals surface area (Å²) in [6, 6.07) is 12.1. The van der Waals surface area contributed by atoms with Crippen LogP contribution in [0.4, 0.5) is 0 Å². The molecule has 0 radical (unpaired) electrons. The number of rotatable bonds is 1. The summed E-state index contributed by atoms with van der Waals surface area (Å²) in [5.41, 5.74) is 2.52. The number of fused-ring (bicyclic) bond motifs is 5. The molecule has 1 N–H and O–H groups in total.